The van der Waals surface area contributed by atoms with Crippen LogP contribution in [-0.2, 0) is 4.74 Å². The van der Waals surface area contributed by atoms with Gasteiger partial charge in [0.1, 0.15) is 5.82 Å². The van der Waals surface area contributed by atoms with Crippen molar-refractivity contribution in [3.05, 3.63) is 23.9 Å². The van der Waals surface area contributed by atoms with Crippen molar-refractivity contribution in [1.29, 1.82) is 0 Å². The Labute approximate surface area is 121 Å². The highest BCUT2D eigenvalue weighted by molar-refractivity contribution is 5.37. The summed E-state index contributed by atoms with van der Waals surface area (Å²) >= 11 is 0. The number of rotatable bonds is 3. The Kier molecular flexibility index (Phi) is 4.53. The number of likely N-dealkylation sites (tertiary alicyclic amines) is 1. The summed E-state index contributed by atoms with van der Waals surface area (Å²) in [6.45, 7) is 4.07. The van der Waals surface area contributed by atoms with Crippen LogP contribution in [0.15, 0.2) is 18.2 Å². The van der Waals surface area contributed by atoms with Crippen LogP contribution in [0.5, 0.6) is 0 Å². The molecule has 0 aromatic carbocycles. The molecule has 0 spiro atoms. The zero-order valence-corrected chi connectivity index (χ0v) is 12.3. The van der Waals surface area contributed by atoms with Gasteiger partial charge in [0.25, 0.3) is 0 Å². The van der Waals surface area contributed by atoms with Crippen LogP contribution in [0.1, 0.15) is 37.3 Å². The highest BCUT2D eigenvalue weighted by Gasteiger charge is 2.20. The second kappa shape index (κ2) is 6.55. The van der Waals surface area contributed by atoms with Crippen molar-refractivity contribution in [1.82, 2.24) is 9.88 Å². The Balaban J connectivity index is 1.63. The Hall–Kier alpha value is -1.13. The van der Waals surface area contributed by atoms with Crippen LogP contribution in [0.4, 0.5) is 5.82 Å². The molecule has 0 aliphatic carbocycles. The van der Waals surface area contributed by atoms with Crippen molar-refractivity contribution in [3.8, 4) is 0 Å². The van der Waals surface area contributed by atoms with Gasteiger partial charge in [-0.3, -0.25) is 0 Å². The van der Waals surface area contributed by atoms with Crippen LogP contribution in [0.25, 0.3) is 0 Å². The SMILES string of the molecule is CN1CCC(c2cccc(N[C@H]3CCCOC3)n2)CC1. The standard InChI is InChI=1S/C16H25N3O/c1-19-9-7-13(8-10-19)15-5-2-6-16(18-15)17-14-4-3-11-20-12-14/h2,5-6,13-14H,3-4,7-12H2,1H3,(H,17,18)/t14-/m0/s1. The first-order valence-electron chi connectivity index (χ1n) is 7.81. The monoisotopic (exact) mass is 275 g/mol. The molecule has 2 fully saturated rings. The number of anilines is 1. The molecule has 110 valence electrons. The summed E-state index contributed by atoms with van der Waals surface area (Å²) in [4.78, 5) is 7.23. The molecule has 4 heteroatoms. The molecule has 2 saturated heterocycles. The molecule has 2 aliphatic rings. The van der Waals surface area contributed by atoms with Gasteiger partial charge in [-0.25, -0.2) is 4.98 Å². The Bertz CT molecular complexity index is 423. The topological polar surface area (TPSA) is 37.4 Å². The number of hydrogen-bond donors (Lipinski definition) is 1. The second-order valence-electron chi connectivity index (χ2n) is 6.08. The van der Waals surface area contributed by atoms with Gasteiger partial charge in [-0.2, -0.15) is 0 Å². The highest BCUT2D eigenvalue weighted by atomic mass is 16.5. The van der Waals surface area contributed by atoms with E-state index >= 15 is 0 Å². The largest absolute Gasteiger partial charge is 0.379 e. The summed E-state index contributed by atoms with van der Waals surface area (Å²) in [5, 5.41) is 3.52. The van der Waals surface area contributed by atoms with Crippen LogP contribution in [-0.4, -0.2) is 49.3 Å². The Morgan fingerprint density at radius 1 is 1.25 bits per heavy atom. The van der Waals surface area contributed by atoms with E-state index in [1.54, 1.807) is 0 Å². The van der Waals surface area contributed by atoms with Gasteiger partial charge in [0.15, 0.2) is 0 Å². The minimum absolute atomic E-state index is 0.420. The molecule has 0 unspecified atom stereocenters. The molecule has 3 rings (SSSR count). The fraction of sp³-hybridized carbons (Fsp3) is 0.688. The van der Waals surface area contributed by atoms with Crippen LogP contribution < -0.4 is 5.32 Å². The molecule has 0 radical (unpaired) electrons. The minimum Gasteiger partial charge on any atom is -0.379 e. The van der Waals surface area contributed by atoms with Gasteiger partial charge in [0, 0.05) is 18.2 Å². The molecule has 1 atom stereocenters. The summed E-state index contributed by atoms with van der Waals surface area (Å²) in [5.74, 6) is 1.63. The fourth-order valence-electron chi connectivity index (χ4n) is 3.13. The van der Waals surface area contributed by atoms with Gasteiger partial charge in [-0.1, -0.05) is 6.07 Å². The maximum Gasteiger partial charge on any atom is 0.126 e. The number of piperidine rings is 1. The summed E-state index contributed by atoms with van der Waals surface area (Å²) in [6.07, 6.45) is 4.77. The summed E-state index contributed by atoms with van der Waals surface area (Å²) in [7, 11) is 2.20. The average Bonchev–Trinajstić information content (AvgIpc) is 2.49. The van der Waals surface area contributed by atoms with E-state index in [9.17, 15) is 0 Å². The Morgan fingerprint density at radius 2 is 2.10 bits per heavy atom. The molecular formula is C16H25N3O. The summed E-state index contributed by atoms with van der Waals surface area (Å²) in [5.41, 5.74) is 1.25. The van der Waals surface area contributed by atoms with Crippen LogP contribution >= 0.6 is 0 Å². The predicted molar refractivity (Wildman–Crippen MR) is 81.2 cm³/mol. The zero-order valence-electron chi connectivity index (χ0n) is 12.3. The maximum atomic E-state index is 5.52. The van der Waals surface area contributed by atoms with Crippen LogP contribution in [0.2, 0.25) is 0 Å². The van der Waals surface area contributed by atoms with E-state index in [-0.39, 0.29) is 0 Å². The number of nitrogens with zero attached hydrogens (tertiary/aromatic N) is 2. The van der Waals surface area contributed by atoms with Gasteiger partial charge in [0.2, 0.25) is 0 Å². The summed E-state index contributed by atoms with van der Waals surface area (Å²) in [6, 6.07) is 6.81. The van der Waals surface area contributed by atoms with E-state index in [1.807, 2.05) is 0 Å². The molecule has 4 nitrogen and oxygen atoms in total. The fourth-order valence-corrected chi connectivity index (χ4v) is 3.13. The maximum absolute atomic E-state index is 5.52. The van der Waals surface area contributed by atoms with Crippen molar-refractivity contribution in [2.24, 2.45) is 0 Å². The smallest absolute Gasteiger partial charge is 0.126 e. The van der Waals surface area contributed by atoms with E-state index < -0.39 is 0 Å². The Morgan fingerprint density at radius 3 is 2.85 bits per heavy atom. The number of ether oxygens (including phenoxy) is 1. The van der Waals surface area contributed by atoms with E-state index in [4.69, 9.17) is 9.72 Å². The molecule has 3 heterocycles. The van der Waals surface area contributed by atoms with E-state index in [0.29, 0.717) is 12.0 Å². The van der Waals surface area contributed by atoms with Gasteiger partial charge in [-0.15, -0.1) is 0 Å². The molecule has 2 aliphatic heterocycles. The van der Waals surface area contributed by atoms with Crippen LogP contribution in [0.3, 0.4) is 0 Å². The van der Waals surface area contributed by atoms with Crippen molar-refractivity contribution in [2.45, 2.75) is 37.6 Å². The number of aromatic nitrogens is 1. The number of pyridine rings is 1. The van der Waals surface area contributed by atoms with E-state index in [2.05, 4.69) is 35.5 Å². The van der Waals surface area contributed by atoms with Gasteiger partial charge in [0.05, 0.1) is 12.6 Å². The molecule has 1 aromatic rings. The lowest BCUT2D eigenvalue weighted by atomic mass is 9.93. The van der Waals surface area contributed by atoms with E-state index in [1.165, 1.54) is 38.0 Å². The van der Waals surface area contributed by atoms with E-state index in [0.717, 1.165) is 25.5 Å². The average molecular weight is 275 g/mol. The third-order valence-corrected chi connectivity index (χ3v) is 4.42. The number of nitrogens with one attached hydrogen (secondary N) is 1. The zero-order chi connectivity index (χ0) is 13.8. The van der Waals surface area contributed by atoms with Gasteiger partial charge >= 0.3 is 0 Å². The van der Waals surface area contributed by atoms with Crippen molar-refractivity contribution < 1.29 is 4.74 Å². The molecular weight excluding hydrogens is 250 g/mol. The minimum atomic E-state index is 0.420. The first-order valence-corrected chi connectivity index (χ1v) is 7.81. The van der Waals surface area contributed by atoms with Crippen molar-refractivity contribution in [2.75, 3.05) is 38.7 Å². The molecule has 0 saturated carbocycles. The lowest BCUT2D eigenvalue weighted by Crippen LogP contribution is -2.31. The van der Waals surface area contributed by atoms with Crippen molar-refractivity contribution in [3.63, 3.8) is 0 Å². The highest BCUT2D eigenvalue weighted by Crippen LogP contribution is 2.27. The third-order valence-electron chi connectivity index (χ3n) is 4.42. The second-order valence-corrected chi connectivity index (χ2v) is 6.08. The van der Waals surface area contributed by atoms with Crippen LogP contribution in [0, 0.1) is 0 Å². The van der Waals surface area contributed by atoms with Gasteiger partial charge < -0.3 is 15.0 Å². The number of hydrogen-bond acceptors (Lipinski definition) is 4. The third kappa shape index (κ3) is 3.49. The lowest BCUT2D eigenvalue weighted by molar-refractivity contribution is 0.0875. The van der Waals surface area contributed by atoms with Crippen molar-refractivity contribution >= 4 is 5.82 Å². The first-order chi connectivity index (χ1) is 9.81. The van der Waals surface area contributed by atoms with Gasteiger partial charge in [-0.05, 0) is 58.0 Å². The quantitative estimate of drug-likeness (QED) is 0.919. The lowest BCUT2D eigenvalue weighted by Gasteiger charge is -2.29. The molecule has 0 amide bonds. The molecule has 20 heavy (non-hydrogen) atoms. The predicted octanol–water partition coefficient (Wildman–Crippen LogP) is 2.48. The molecule has 1 N–H and O–H groups in total. The molecule has 0 bridgehead atoms. The summed E-state index contributed by atoms with van der Waals surface area (Å²) < 4.78 is 5.52. The molecule has 1 aromatic heterocycles. The normalized spacial score (nSPS) is 25.6. The first kappa shape index (κ1) is 13.8.